The van der Waals surface area contributed by atoms with Gasteiger partial charge in [-0.15, -0.1) is 20.4 Å². The zero-order valence-electron chi connectivity index (χ0n) is 16.9. The summed E-state index contributed by atoms with van der Waals surface area (Å²) < 4.78 is 50.1. The fourth-order valence-electron chi connectivity index (χ4n) is 3.20. The normalized spacial score (nSPS) is 16.2. The third-order valence-corrected chi connectivity index (χ3v) is 5.61. The molecule has 0 saturated carbocycles. The molecular weight excluding hydrogens is 447 g/mol. The van der Waals surface area contributed by atoms with Gasteiger partial charge in [0.1, 0.15) is 24.2 Å². The van der Waals surface area contributed by atoms with Crippen LogP contribution in [0.25, 0.3) is 10.7 Å². The number of carbonyl (C=O) groups excluding carboxylic acids is 1. The molecule has 0 radical (unpaired) electrons. The topological polar surface area (TPSA) is 90.3 Å². The smallest absolute Gasteiger partial charge is 0.419 e. The predicted molar refractivity (Wildman–Crippen MR) is 109 cm³/mol. The van der Waals surface area contributed by atoms with Crippen LogP contribution in [0, 0.1) is 0 Å². The highest BCUT2D eigenvalue weighted by molar-refractivity contribution is 7.14. The second kappa shape index (κ2) is 9.07. The summed E-state index contributed by atoms with van der Waals surface area (Å²) in [6.45, 7) is 2.34. The molecule has 0 spiro atoms. The Labute approximate surface area is 185 Å². The van der Waals surface area contributed by atoms with E-state index >= 15 is 0 Å². The lowest BCUT2D eigenvalue weighted by Gasteiger charge is -2.19. The summed E-state index contributed by atoms with van der Waals surface area (Å²) in [7, 11) is 0. The molecule has 1 atom stereocenters. The fourth-order valence-corrected chi connectivity index (χ4v) is 3.92. The third-order valence-electron chi connectivity index (χ3n) is 4.69. The maximum absolute atomic E-state index is 13.2. The van der Waals surface area contributed by atoms with Crippen molar-refractivity contribution in [2.24, 2.45) is 0 Å². The predicted octanol–water partition coefficient (Wildman–Crippen LogP) is 3.73. The van der Waals surface area contributed by atoms with Crippen LogP contribution in [-0.2, 0) is 22.3 Å². The summed E-state index contributed by atoms with van der Waals surface area (Å²) in [5.41, 5.74) is -0.265. The van der Waals surface area contributed by atoms with Crippen LogP contribution in [-0.4, -0.2) is 45.6 Å². The first-order chi connectivity index (χ1) is 15.3. The third kappa shape index (κ3) is 5.13. The lowest BCUT2D eigenvalue weighted by Crippen LogP contribution is -2.26. The van der Waals surface area contributed by atoms with E-state index in [9.17, 15) is 18.0 Å². The molecule has 1 aliphatic rings. The number of ether oxygens (including phenoxy) is 2. The largest absolute Gasteiger partial charge is 0.488 e. The standard InChI is InChI=1S/C20H18F3N5O3S/c1-12(29)30-11-18-26-27-19(32-18)15-6-7-17(25-24-15)28-9-8-13(10-28)31-16-5-3-2-4-14(16)20(21,22)23/h2-7,13H,8-11H2,1H3/t13-/m0/s1. The highest BCUT2D eigenvalue weighted by atomic mass is 32.1. The summed E-state index contributed by atoms with van der Waals surface area (Å²) in [5, 5.41) is 17.5. The number of para-hydroxylation sites is 1. The van der Waals surface area contributed by atoms with Gasteiger partial charge in [-0.2, -0.15) is 13.2 Å². The van der Waals surface area contributed by atoms with E-state index in [0.717, 1.165) is 6.07 Å². The van der Waals surface area contributed by atoms with Crippen LogP contribution in [0.5, 0.6) is 5.75 Å². The molecule has 1 saturated heterocycles. The Morgan fingerprint density at radius 3 is 2.69 bits per heavy atom. The minimum absolute atomic E-state index is 0.0468. The van der Waals surface area contributed by atoms with Gasteiger partial charge in [0.05, 0.1) is 12.1 Å². The first-order valence-corrected chi connectivity index (χ1v) is 10.5. The lowest BCUT2D eigenvalue weighted by atomic mass is 10.2. The van der Waals surface area contributed by atoms with Crippen LogP contribution in [0.15, 0.2) is 36.4 Å². The summed E-state index contributed by atoms with van der Waals surface area (Å²) in [6, 6.07) is 8.71. The van der Waals surface area contributed by atoms with E-state index in [1.807, 2.05) is 4.90 Å². The molecule has 12 heteroatoms. The second-order valence-corrected chi connectivity index (χ2v) is 8.09. The van der Waals surface area contributed by atoms with Gasteiger partial charge in [0.2, 0.25) is 0 Å². The van der Waals surface area contributed by atoms with E-state index in [2.05, 4.69) is 20.4 Å². The van der Waals surface area contributed by atoms with Gasteiger partial charge >= 0.3 is 12.1 Å². The van der Waals surface area contributed by atoms with Gasteiger partial charge in [-0.1, -0.05) is 23.5 Å². The molecule has 0 N–H and O–H groups in total. The van der Waals surface area contributed by atoms with Crippen molar-refractivity contribution < 1.29 is 27.4 Å². The van der Waals surface area contributed by atoms with Crippen molar-refractivity contribution in [3.8, 4) is 16.5 Å². The van der Waals surface area contributed by atoms with Gasteiger partial charge in [-0.3, -0.25) is 4.79 Å². The summed E-state index contributed by atoms with van der Waals surface area (Å²) in [4.78, 5) is 12.8. The first kappa shape index (κ1) is 21.9. The average Bonchev–Trinajstić information content (AvgIpc) is 3.42. The highest BCUT2D eigenvalue weighted by Gasteiger charge is 2.35. The van der Waals surface area contributed by atoms with Gasteiger partial charge < -0.3 is 14.4 Å². The Balaban J connectivity index is 1.39. The van der Waals surface area contributed by atoms with Gasteiger partial charge in [0, 0.05) is 19.9 Å². The number of benzene rings is 1. The van der Waals surface area contributed by atoms with E-state index in [0.29, 0.717) is 41.0 Å². The molecule has 0 aliphatic carbocycles. The monoisotopic (exact) mass is 465 g/mol. The molecule has 0 amide bonds. The van der Waals surface area contributed by atoms with Crippen LogP contribution in [0.4, 0.5) is 19.0 Å². The number of aromatic nitrogens is 4. The number of hydrogen-bond donors (Lipinski definition) is 0. The Morgan fingerprint density at radius 1 is 1.16 bits per heavy atom. The fraction of sp³-hybridized carbons (Fsp3) is 0.350. The SMILES string of the molecule is CC(=O)OCc1nnc(-c2ccc(N3CC[C@H](Oc4ccccc4C(F)(F)F)C3)nn2)s1. The molecule has 1 aromatic carbocycles. The van der Waals surface area contributed by atoms with Gasteiger partial charge in [-0.05, 0) is 24.3 Å². The van der Waals surface area contributed by atoms with Crippen LogP contribution in [0.3, 0.4) is 0 Å². The number of esters is 1. The van der Waals surface area contributed by atoms with E-state index in [1.165, 1.54) is 36.5 Å². The molecular formula is C20H18F3N5O3S. The van der Waals surface area contributed by atoms with Crippen LogP contribution >= 0.6 is 11.3 Å². The zero-order valence-corrected chi connectivity index (χ0v) is 17.7. The van der Waals surface area contributed by atoms with E-state index in [4.69, 9.17) is 9.47 Å². The average molecular weight is 465 g/mol. The second-order valence-electron chi connectivity index (χ2n) is 7.03. The Hall–Kier alpha value is -3.28. The summed E-state index contributed by atoms with van der Waals surface area (Å²) in [6.07, 6.45) is -4.31. The molecule has 8 nitrogen and oxygen atoms in total. The molecule has 3 aromatic rings. The first-order valence-electron chi connectivity index (χ1n) is 9.67. The number of nitrogens with zero attached hydrogens (tertiary/aromatic N) is 5. The van der Waals surface area contributed by atoms with Gasteiger partial charge in [0.25, 0.3) is 0 Å². The minimum atomic E-state index is -4.47. The Morgan fingerprint density at radius 2 is 1.97 bits per heavy atom. The molecule has 3 heterocycles. The maximum Gasteiger partial charge on any atom is 0.419 e. The summed E-state index contributed by atoms with van der Waals surface area (Å²) >= 11 is 1.24. The Kier molecular flexibility index (Phi) is 6.21. The van der Waals surface area contributed by atoms with Crippen LogP contribution < -0.4 is 9.64 Å². The van der Waals surface area contributed by atoms with Crippen LogP contribution in [0.2, 0.25) is 0 Å². The van der Waals surface area contributed by atoms with Crippen molar-refractivity contribution in [2.75, 3.05) is 18.0 Å². The molecule has 168 valence electrons. The van der Waals surface area contributed by atoms with Gasteiger partial charge in [-0.25, -0.2) is 0 Å². The number of anilines is 1. The van der Waals surface area contributed by atoms with E-state index < -0.39 is 23.8 Å². The number of alkyl halides is 3. The molecule has 4 rings (SSSR count). The maximum atomic E-state index is 13.2. The molecule has 0 unspecified atom stereocenters. The van der Waals surface area contributed by atoms with Crippen molar-refractivity contribution in [2.45, 2.75) is 32.2 Å². The molecule has 0 bridgehead atoms. The molecule has 1 aliphatic heterocycles. The number of halogens is 3. The van der Waals surface area contributed by atoms with Crippen LogP contribution in [0.1, 0.15) is 23.9 Å². The number of hydrogen-bond acceptors (Lipinski definition) is 9. The summed E-state index contributed by atoms with van der Waals surface area (Å²) in [5.74, 6) is 0.0170. The van der Waals surface area contributed by atoms with Crippen molar-refractivity contribution in [1.82, 2.24) is 20.4 Å². The van der Waals surface area contributed by atoms with Crippen molar-refractivity contribution in [3.63, 3.8) is 0 Å². The quantitative estimate of drug-likeness (QED) is 0.509. The van der Waals surface area contributed by atoms with Crippen molar-refractivity contribution in [1.29, 1.82) is 0 Å². The molecule has 2 aromatic heterocycles. The number of carbonyl (C=O) groups is 1. The zero-order chi connectivity index (χ0) is 22.7. The Bertz CT molecular complexity index is 1090. The molecule has 1 fully saturated rings. The van der Waals surface area contributed by atoms with Crippen molar-refractivity contribution >= 4 is 23.1 Å². The van der Waals surface area contributed by atoms with E-state index in [1.54, 1.807) is 12.1 Å². The number of rotatable bonds is 6. The highest BCUT2D eigenvalue weighted by Crippen LogP contribution is 2.37. The van der Waals surface area contributed by atoms with Gasteiger partial charge in [0.15, 0.2) is 15.8 Å². The minimum Gasteiger partial charge on any atom is -0.488 e. The lowest BCUT2D eigenvalue weighted by molar-refractivity contribution is -0.142. The molecule has 32 heavy (non-hydrogen) atoms. The van der Waals surface area contributed by atoms with E-state index in [-0.39, 0.29) is 12.4 Å². The van der Waals surface area contributed by atoms with Crippen molar-refractivity contribution in [3.05, 3.63) is 47.0 Å².